The Balaban J connectivity index is 2.47. The lowest BCUT2D eigenvalue weighted by Crippen LogP contribution is -2.14. The number of aromatic nitrogens is 2. The van der Waals surface area contributed by atoms with Gasteiger partial charge in [-0.05, 0) is 31.5 Å². The molecule has 1 aromatic heterocycles. The number of anilines is 3. The first kappa shape index (κ1) is 15.2. The highest BCUT2D eigenvalue weighted by atomic mass is 19.1. The van der Waals surface area contributed by atoms with Crippen LogP contribution in [-0.4, -0.2) is 9.97 Å². The van der Waals surface area contributed by atoms with E-state index >= 15 is 0 Å². The maximum Gasteiger partial charge on any atom is 0.148 e. The van der Waals surface area contributed by atoms with E-state index in [4.69, 9.17) is 5.84 Å². The quantitative estimate of drug-likeness (QED) is 0.594. The topological polar surface area (TPSA) is 75.9 Å². The van der Waals surface area contributed by atoms with Gasteiger partial charge < -0.3 is 10.7 Å². The van der Waals surface area contributed by atoms with Crippen LogP contribution in [0.1, 0.15) is 36.7 Å². The minimum absolute atomic E-state index is 0.159. The van der Waals surface area contributed by atoms with Gasteiger partial charge in [0.25, 0.3) is 0 Å². The number of halogens is 1. The molecule has 0 saturated carbocycles. The molecule has 0 amide bonds. The predicted molar refractivity (Wildman–Crippen MR) is 83.1 cm³/mol. The monoisotopic (exact) mass is 289 g/mol. The van der Waals surface area contributed by atoms with Gasteiger partial charge in [0.15, 0.2) is 0 Å². The number of benzene rings is 1. The van der Waals surface area contributed by atoms with Crippen molar-refractivity contribution in [1.82, 2.24) is 9.97 Å². The van der Waals surface area contributed by atoms with Gasteiger partial charge in [0, 0.05) is 17.2 Å². The van der Waals surface area contributed by atoms with Crippen molar-refractivity contribution in [3.63, 3.8) is 0 Å². The van der Waals surface area contributed by atoms with Crippen LogP contribution >= 0.6 is 0 Å². The second-order valence-corrected chi connectivity index (χ2v) is 5.29. The van der Waals surface area contributed by atoms with Crippen LogP contribution in [-0.2, 0) is 0 Å². The van der Waals surface area contributed by atoms with Gasteiger partial charge >= 0.3 is 0 Å². The molecule has 2 aromatic rings. The molecule has 0 spiro atoms. The molecule has 6 heteroatoms. The maximum absolute atomic E-state index is 13.4. The zero-order valence-corrected chi connectivity index (χ0v) is 12.7. The predicted octanol–water partition coefficient (Wildman–Crippen LogP) is 3.39. The molecule has 112 valence electrons. The molecule has 0 saturated heterocycles. The summed E-state index contributed by atoms with van der Waals surface area (Å²) in [6.07, 6.45) is 0. The normalized spacial score (nSPS) is 10.8. The van der Waals surface area contributed by atoms with E-state index in [9.17, 15) is 4.39 Å². The number of hydrogen-bond acceptors (Lipinski definition) is 5. The molecular weight excluding hydrogens is 269 g/mol. The number of nitrogens with two attached hydrogens (primary N) is 1. The van der Waals surface area contributed by atoms with E-state index in [0.717, 1.165) is 11.1 Å². The van der Waals surface area contributed by atoms with Gasteiger partial charge in [-0.3, -0.25) is 0 Å². The Kier molecular flexibility index (Phi) is 4.37. The van der Waals surface area contributed by atoms with Crippen LogP contribution in [0.3, 0.4) is 0 Å². The average molecular weight is 289 g/mol. The summed E-state index contributed by atoms with van der Waals surface area (Å²) < 4.78 is 13.4. The van der Waals surface area contributed by atoms with Gasteiger partial charge in [-0.25, -0.2) is 20.2 Å². The SMILES string of the molecule is Cc1ccc(F)cc1Nc1nc(C(C)C)nc(NN)c1C. The fourth-order valence-corrected chi connectivity index (χ4v) is 1.91. The first-order chi connectivity index (χ1) is 9.92. The van der Waals surface area contributed by atoms with Gasteiger partial charge in [-0.15, -0.1) is 0 Å². The smallest absolute Gasteiger partial charge is 0.148 e. The Morgan fingerprint density at radius 2 is 1.81 bits per heavy atom. The molecule has 4 N–H and O–H groups in total. The molecule has 21 heavy (non-hydrogen) atoms. The van der Waals surface area contributed by atoms with Crippen LogP contribution in [0.4, 0.5) is 21.7 Å². The van der Waals surface area contributed by atoms with Crippen LogP contribution in [0.25, 0.3) is 0 Å². The number of rotatable bonds is 4. The van der Waals surface area contributed by atoms with Gasteiger partial charge in [-0.2, -0.15) is 0 Å². The lowest BCUT2D eigenvalue weighted by atomic mass is 10.1. The van der Waals surface area contributed by atoms with Crippen LogP contribution < -0.4 is 16.6 Å². The first-order valence-corrected chi connectivity index (χ1v) is 6.80. The van der Waals surface area contributed by atoms with Gasteiger partial charge in [0.1, 0.15) is 23.3 Å². The van der Waals surface area contributed by atoms with Gasteiger partial charge in [-0.1, -0.05) is 19.9 Å². The summed E-state index contributed by atoms with van der Waals surface area (Å²) in [5.41, 5.74) is 4.97. The Bertz CT molecular complexity index is 655. The minimum Gasteiger partial charge on any atom is -0.340 e. The van der Waals surface area contributed by atoms with Crippen LogP contribution in [0.15, 0.2) is 18.2 Å². The number of nitrogens with one attached hydrogen (secondary N) is 2. The number of hydrogen-bond donors (Lipinski definition) is 3. The van der Waals surface area contributed by atoms with Gasteiger partial charge in [0.05, 0.1) is 0 Å². The molecule has 0 bridgehead atoms. The summed E-state index contributed by atoms with van der Waals surface area (Å²) in [6, 6.07) is 4.60. The fourth-order valence-electron chi connectivity index (χ4n) is 1.91. The average Bonchev–Trinajstić information content (AvgIpc) is 2.44. The summed E-state index contributed by atoms with van der Waals surface area (Å²) in [4.78, 5) is 8.88. The van der Waals surface area contributed by atoms with E-state index < -0.39 is 0 Å². The van der Waals surface area contributed by atoms with Crippen molar-refractivity contribution in [2.24, 2.45) is 5.84 Å². The molecule has 2 rings (SSSR count). The zero-order valence-electron chi connectivity index (χ0n) is 12.7. The minimum atomic E-state index is -0.295. The van der Waals surface area contributed by atoms with Crippen molar-refractivity contribution in [3.8, 4) is 0 Å². The summed E-state index contributed by atoms with van der Waals surface area (Å²) in [5, 5.41) is 3.16. The standard InChI is InChI=1S/C15H20FN5/c1-8(2)13-19-14(10(4)15(20-13)21-17)18-12-7-11(16)6-5-9(12)3/h5-8H,17H2,1-4H3,(H2,18,19,20,21). The van der Waals surface area contributed by atoms with E-state index in [1.807, 2.05) is 27.7 Å². The highest BCUT2D eigenvalue weighted by molar-refractivity contribution is 5.66. The molecule has 1 heterocycles. The fraction of sp³-hybridized carbons (Fsp3) is 0.333. The Labute approximate surface area is 123 Å². The number of aryl methyl sites for hydroxylation is 1. The van der Waals surface area contributed by atoms with E-state index in [0.29, 0.717) is 23.1 Å². The first-order valence-electron chi connectivity index (χ1n) is 6.80. The zero-order chi connectivity index (χ0) is 15.6. The molecule has 0 fully saturated rings. The summed E-state index contributed by atoms with van der Waals surface area (Å²) in [6.45, 7) is 7.77. The van der Waals surface area contributed by atoms with E-state index in [1.54, 1.807) is 6.07 Å². The van der Waals surface area contributed by atoms with Crippen LogP contribution in [0, 0.1) is 19.7 Å². The van der Waals surface area contributed by atoms with E-state index in [2.05, 4.69) is 20.7 Å². The van der Waals surface area contributed by atoms with Crippen molar-refractivity contribution >= 4 is 17.3 Å². The Hall–Kier alpha value is -2.21. The lowest BCUT2D eigenvalue weighted by Gasteiger charge is -2.16. The highest BCUT2D eigenvalue weighted by Gasteiger charge is 2.13. The van der Waals surface area contributed by atoms with Crippen molar-refractivity contribution in [2.45, 2.75) is 33.6 Å². The summed E-state index contributed by atoms with van der Waals surface area (Å²) in [5.74, 6) is 7.22. The number of hydrazine groups is 1. The summed E-state index contributed by atoms with van der Waals surface area (Å²) >= 11 is 0. The highest BCUT2D eigenvalue weighted by Crippen LogP contribution is 2.27. The molecule has 0 aliphatic rings. The molecule has 0 atom stereocenters. The molecule has 0 radical (unpaired) electrons. The van der Waals surface area contributed by atoms with E-state index in [1.165, 1.54) is 12.1 Å². The second kappa shape index (κ2) is 6.05. The van der Waals surface area contributed by atoms with Crippen molar-refractivity contribution in [3.05, 3.63) is 41.0 Å². The third-order valence-electron chi connectivity index (χ3n) is 3.27. The van der Waals surface area contributed by atoms with E-state index in [-0.39, 0.29) is 11.7 Å². The number of nitrogens with zero attached hydrogens (tertiary/aromatic N) is 2. The largest absolute Gasteiger partial charge is 0.340 e. The Morgan fingerprint density at radius 1 is 1.14 bits per heavy atom. The van der Waals surface area contributed by atoms with Gasteiger partial charge in [0.2, 0.25) is 0 Å². The molecule has 1 aromatic carbocycles. The third-order valence-corrected chi connectivity index (χ3v) is 3.27. The molecular formula is C15H20FN5. The second-order valence-electron chi connectivity index (χ2n) is 5.29. The van der Waals surface area contributed by atoms with Crippen LogP contribution in [0.2, 0.25) is 0 Å². The van der Waals surface area contributed by atoms with Crippen LogP contribution in [0.5, 0.6) is 0 Å². The Morgan fingerprint density at radius 3 is 2.43 bits per heavy atom. The van der Waals surface area contributed by atoms with Crippen molar-refractivity contribution < 1.29 is 4.39 Å². The third kappa shape index (κ3) is 3.28. The maximum atomic E-state index is 13.4. The van der Waals surface area contributed by atoms with Crippen molar-refractivity contribution in [1.29, 1.82) is 0 Å². The number of nitrogen functional groups attached to an aromatic ring is 1. The van der Waals surface area contributed by atoms with Crippen molar-refractivity contribution in [2.75, 3.05) is 10.7 Å². The summed E-state index contributed by atoms with van der Waals surface area (Å²) in [7, 11) is 0. The molecule has 0 unspecified atom stereocenters. The molecule has 0 aliphatic carbocycles. The molecule has 0 aliphatic heterocycles. The lowest BCUT2D eigenvalue weighted by molar-refractivity contribution is 0.628. The molecule has 5 nitrogen and oxygen atoms in total.